The van der Waals surface area contributed by atoms with Gasteiger partial charge in [0.15, 0.2) is 0 Å². The summed E-state index contributed by atoms with van der Waals surface area (Å²) in [4.78, 5) is 5.41. The van der Waals surface area contributed by atoms with Crippen LogP contribution < -0.4 is 5.73 Å². The van der Waals surface area contributed by atoms with E-state index < -0.39 is 0 Å². The Morgan fingerprint density at radius 1 is 1.00 bits per heavy atom. The van der Waals surface area contributed by atoms with Gasteiger partial charge in [0.05, 0.1) is 0 Å². The van der Waals surface area contributed by atoms with E-state index in [0.717, 1.165) is 18.5 Å². The van der Waals surface area contributed by atoms with Crippen LogP contribution in [0.25, 0.3) is 0 Å². The van der Waals surface area contributed by atoms with Crippen LogP contribution in [0.1, 0.15) is 52.4 Å². The van der Waals surface area contributed by atoms with Crippen LogP contribution in [0.2, 0.25) is 0 Å². The van der Waals surface area contributed by atoms with Crippen molar-refractivity contribution in [1.82, 2.24) is 9.80 Å². The van der Waals surface area contributed by atoms with Crippen LogP contribution in [-0.4, -0.2) is 54.6 Å². The minimum absolute atomic E-state index is 0.612. The lowest BCUT2D eigenvalue weighted by Gasteiger charge is -2.43. The number of hydrogen-bond donors (Lipinski definition) is 1. The van der Waals surface area contributed by atoms with Gasteiger partial charge in [-0.2, -0.15) is 0 Å². The maximum atomic E-state index is 6.06. The first-order valence-corrected chi connectivity index (χ1v) is 8.48. The van der Waals surface area contributed by atoms with Crippen molar-refractivity contribution in [3.63, 3.8) is 0 Å². The van der Waals surface area contributed by atoms with Crippen molar-refractivity contribution in [3.8, 4) is 0 Å². The zero-order chi connectivity index (χ0) is 13.7. The summed E-state index contributed by atoms with van der Waals surface area (Å²) in [5.74, 6) is 0.781. The van der Waals surface area contributed by atoms with Gasteiger partial charge in [0.1, 0.15) is 0 Å². The SMILES string of the molecule is CCC(CC)C(CN)N1CCN(C2CCCC2)CC1. The van der Waals surface area contributed by atoms with E-state index in [9.17, 15) is 0 Å². The van der Waals surface area contributed by atoms with Gasteiger partial charge < -0.3 is 5.73 Å². The Kier molecular flexibility index (Phi) is 6.11. The highest BCUT2D eigenvalue weighted by molar-refractivity contribution is 4.86. The Labute approximate surface area is 119 Å². The summed E-state index contributed by atoms with van der Waals surface area (Å²) >= 11 is 0. The lowest BCUT2D eigenvalue weighted by atomic mass is 9.92. The second-order valence-electron chi connectivity index (χ2n) is 6.39. The van der Waals surface area contributed by atoms with Gasteiger partial charge in [-0.3, -0.25) is 9.80 Å². The number of hydrogen-bond acceptors (Lipinski definition) is 3. The Balaban J connectivity index is 1.83. The Morgan fingerprint density at radius 2 is 1.58 bits per heavy atom. The summed E-state index contributed by atoms with van der Waals surface area (Å²) < 4.78 is 0. The van der Waals surface area contributed by atoms with Gasteiger partial charge in [0, 0.05) is 44.8 Å². The minimum Gasteiger partial charge on any atom is -0.329 e. The van der Waals surface area contributed by atoms with Crippen molar-refractivity contribution < 1.29 is 0 Å². The molecule has 0 aromatic rings. The molecule has 2 N–H and O–H groups in total. The highest BCUT2D eigenvalue weighted by atomic mass is 15.3. The van der Waals surface area contributed by atoms with Crippen LogP contribution in [0.5, 0.6) is 0 Å². The van der Waals surface area contributed by atoms with E-state index in [2.05, 4.69) is 23.6 Å². The smallest absolute Gasteiger partial charge is 0.0247 e. The summed E-state index contributed by atoms with van der Waals surface area (Å²) in [5, 5.41) is 0. The predicted octanol–water partition coefficient (Wildman–Crippen LogP) is 2.31. The normalized spacial score (nSPS) is 25.3. The Hall–Kier alpha value is -0.120. The van der Waals surface area contributed by atoms with Gasteiger partial charge in [-0.1, -0.05) is 39.5 Å². The van der Waals surface area contributed by atoms with Gasteiger partial charge in [-0.15, -0.1) is 0 Å². The van der Waals surface area contributed by atoms with Crippen molar-refractivity contribution in [2.75, 3.05) is 32.7 Å². The molecular formula is C16H33N3. The molecule has 19 heavy (non-hydrogen) atoms. The van der Waals surface area contributed by atoms with Crippen molar-refractivity contribution in [1.29, 1.82) is 0 Å². The molecule has 1 saturated heterocycles. The molecule has 112 valence electrons. The summed E-state index contributed by atoms with van der Waals surface area (Å²) in [5.41, 5.74) is 6.06. The second kappa shape index (κ2) is 7.61. The molecule has 0 aromatic carbocycles. The predicted molar refractivity (Wildman–Crippen MR) is 82.3 cm³/mol. The topological polar surface area (TPSA) is 32.5 Å². The standard InChI is InChI=1S/C16H33N3/c1-3-14(4-2)16(13-17)19-11-9-18(10-12-19)15-7-5-6-8-15/h14-16H,3-13,17H2,1-2H3. The average Bonchev–Trinajstić information content (AvgIpc) is 2.99. The van der Waals surface area contributed by atoms with E-state index in [-0.39, 0.29) is 0 Å². The zero-order valence-electron chi connectivity index (χ0n) is 13.0. The lowest BCUT2D eigenvalue weighted by molar-refractivity contribution is 0.0509. The summed E-state index contributed by atoms with van der Waals surface area (Å²) in [6, 6.07) is 1.51. The molecule has 2 aliphatic rings. The molecular weight excluding hydrogens is 234 g/mol. The third kappa shape index (κ3) is 3.71. The molecule has 3 nitrogen and oxygen atoms in total. The highest BCUT2D eigenvalue weighted by Crippen LogP contribution is 2.26. The van der Waals surface area contributed by atoms with Crippen molar-refractivity contribution in [2.24, 2.45) is 11.7 Å². The minimum atomic E-state index is 0.612. The van der Waals surface area contributed by atoms with Gasteiger partial charge in [-0.25, -0.2) is 0 Å². The maximum absolute atomic E-state index is 6.06. The van der Waals surface area contributed by atoms with E-state index in [1.807, 2.05) is 0 Å². The van der Waals surface area contributed by atoms with Crippen LogP contribution in [0.4, 0.5) is 0 Å². The second-order valence-corrected chi connectivity index (χ2v) is 6.39. The molecule has 0 aromatic heterocycles. The maximum Gasteiger partial charge on any atom is 0.0247 e. The molecule has 1 aliphatic carbocycles. The van der Waals surface area contributed by atoms with Gasteiger partial charge in [0.25, 0.3) is 0 Å². The Morgan fingerprint density at radius 3 is 2.05 bits per heavy atom. The monoisotopic (exact) mass is 267 g/mol. The number of nitrogens with two attached hydrogens (primary N) is 1. The van der Waals surface area contributed by atoms with Crippen LogP contribution in [0.15, 0.2) is 0 Å². The van der Waals surface area contributed by atoms with Gasteiger partial charge in [-0.05, 0) is 18.8 Å². The molecule has 0 amide bonds. The fourth-order valence-corrected chi connectivity index (χ4v) is 4.18. The molecule has 2 rings (SSSR count). The molecule has 1 unspecified atom stereocenters. The molecule has 1 saturated carbocycles. The fourth-order valence-electron chi connectivity index (χ4n) is 4.18. The van der Waals surface area contributed by atoms with E-state index in [1.165, 1.54) is 64.7 Å². The molecule has 2 fully saturated rings. The third-order valence-corrected chi connectivity index (χ3v) is 5.49. The van der Waals surface area contributed by atoms with E-state index in [0.29, 0.717) is 6.04 Å². The number of nitrogens with zero attached hydrogens (tertiary/aromatic N) is 2. The van der Waals surface area contributed by atoms with Crippen LogP contribution >= 0.6 is 0 Å². The Bertz CT molecular complexity index is 238. The number of rotatable bonds is 6. The molecule has 1 atom stereocenters. The highest BCUT2D eigenvalue weighted by Gasteiger charge is 2.30. The lowest BCUT2D eigenvalue weighted by Crippen LogP contribution is -2.56. The van der Waals surface area contributed by atoms with E-state index in [4.69, 9.17) is 5.73 Å². The molecule has 0 spiro atoms. The molecule has 0 radical (unpaired) electrons. The molecule has 3 heteroatoms. The van der Waals surface area contributed by atoms with Crippen LogP contribution in [0, 0.1) is 5.92 Å². The van der Waals surface area contributed by atoms with Crippen molar-refractivity contribution >= 4 is 0 Å². The average molecular weight is 267 g/mol. The largest absolute Gasteiger partial charge is 0.329 e. The molecule has 0 bridgehead atoms. The first-order chi connectivity index (χ1) is 9.30. The molecule has 1 aliphatic heterocycles. The molecule has 1 heterocycles. The van der Waals surface area contributed by atoms with E-state index in [1.54, 1.807) is 0 Å². The van der Waals surface area contributed by atoms with Gasteiger partial charge >= 0.3 is 0 Å². The first kappa shape index (κ1) is 15.3. The van der Waals surface area contributed by atoms with Crippen LogP contribution in [-0.2, 0) is 0 Å². The third-order valence-electron chi connectivity index (χ3n) is 5.49. The zero-order valence-corrected chi connectivity index (χ0v) is 13.0. The quantitative estimate of drug-likeness (QED) is 0.801. The number of piperazine rings is 1. The summed E-state index contributed by atoms with van der Waals surface area (Å²) in [7, 11) is 0. The van der Waals surface area contributed by atoms with Gasteiger partial charge in [0.2, 0.25) is 0 Å². The van der Waals surface area contributed by atoms with Crippen LogP contribution in [0.3, 0.4) is 0 Å². The van der Waals surface area contributed by atoms with Crippen molar-refractivity contribution in [3.05, 3.63) is 0 Å². The van der Waals surface area contributed by atoms with E-state index >= 15 is 0 Å². The fraction of sp³-hybridized carbons (Fsp3) is 1.00. The first-order valence-electron chi connectivity index (χ1n) is 8.48. The summed E-state index contributed by atoms with van der Waals surface area (Å²) in [6.07, 6.45) is 8.30. The summed E-state index contributed by atoms with van der Waals surface area (Å²) in [6.45, 7) is 10.4. The van der Waals surface area contributed by atoms with Crippen molar-refractivity contribution in [2.45, 2.75) is 64.5 Å².